The molecule has 1 unspecified atom stereocenters. The van der Waals surface area contributed by atoms with Crippen LogP contribution in [-0.4, -0.2) is 36.3 Å². The molecule has 1 aliphatic heterocycles. The number of likely N-dealkylation sites (tertiary alicyclic amines) is 1. The Morgan fingerprint density at radius 3 is 2.68 bits per heavy atom. The molecule has 0 aromatic heterocycles. The summed E-state index contributed by atoms with van der Waals surface area (Å²) in [6, 6.07) is 8.15. The summed E-state index contributed by atoms with van der Waals surface area (Å²) in [5.41, 5.74) is 6.77. The van der Waals surface area contributed by atoms with Gasteiger partial charge in [-0.25, -0.2) is 0 Å². The Morgan fingerprint density at radius 2 is 2.05 bits per heavy atom. The molecule has 2 atom stereocenters. The van der Waals surface area contributed by atoms with Crippen LogP contribution in [0.3, 0.4) is 0 Å². The van der Waals surface area contributed by atoms with Crippen LogP contribution in [0.15, 0.2) is 30.3 Å². The van der Waals surface area contributed by atoms with Gasteiger partial charge in [-0.05, 0) is 18.4 Å². The summed E-state index contributed by atoms with van der Waals surface area (Å²) in [6.45, 7) is 0.595. The van der Waals surface area contributed by atoms with E-state index >= 15 is 0 Å². The number of benzene rings is 1. The fourth-order valence-corrected chi connectivity index (χ4v) is 2.45. The number of carbonyl (C=O) groups is 2. The lowest BCUT2D eigenvalue weighted by molar-refractivity contribution is -0.139. The molecule has 5 heteroatoms. The molecule has 0 aliphatic carbocycles. The predicted octanol–water partition coefficient (Wildman–Crippen LogP) is 0.423. The highest BCUT2D eigenvalue weighted by molar-refractivity contribution is 5.90. The number of nitrogens with one attached hydrogen (secondary N) is 1. The number of rotatable bonds is 3. The average molecular weight is 261 g/mol. The van der Waals surface area contributed by atoms with E-state index in [0.29, 0.717) is 13.0 Å². The van der Waals surface area contributed by atoms with E-state index < -0.39 is 6.04 Å². The van der Waals surface area contributed by atoms with Gasteiger partial charge in [-0.15, -0.1) is 0 Å². The molecule has 1 saturated heterocycles. The molecule has 19 heavy (non-hydrogen) atoms. The summed E-state index contributed by atoms with van der Waals surface area (Å²) in [7, 11) is 1.58. The van der Waals surface area contributed by atoms with Crippen molar-refractivity contribution >= 4 is 11.8 Å². The van der Waals surface area contributed by atoms with Crippen molar-refractivity contribution in [3.63, 3.8) is 0 Å². The number of amides is 2. The molecule has 1 aromatic carbocycles. The first-order chi connectivity index (χ1) is 9.15. The smallest absolute Gasteiger partial charge is 0.244 e. The van der Waals surface area contributed by atoms with Crippen molar-refractivity contribution in [2.75, 3.05) is 13.6 Å². The first-order valence-electron chi connectivity index (χ1n) is 6.47. The second-order valence-electron chi connectivity index (χ2n) is 4.69. The zero-order chi connectivity index (χ0) is 13.8. The number of likely N-dealkylation sites (N-methyl/N-ethyl adjacent to an activating group) is 1. The highest BCUT2D eigenvalue weighted by Crippen LogP contribution is 2.22. The van der Waals surface area contributed by atoms with Gasteiger partial charge in [-0.2, -0.15) is 0 Å². The number of nitrogens with zero attached hydrogens (tertiary/aromatic N) is 1. The summed E-state index contributed by atoms with van der Waals surface area (Å²) in [6.07, 6.45) is 1.54. The molecule has 2 rings (SSSR count). The molecule has 0 radical (unpaired) electrons. The van der Waals surface area contributed by atoms with Gasteiger partial charge in [0.1, 0.15) is 12.1 Å². The van der Waals surface area contributed by atoms with E-state index in [1.807, 2.05) is 30.3 Å². The van der Waals surface area contributed by atoms with E-state index in [2.05, 4.69) is 5.32 Å². The number of hydrogen-bond acceptors (Lipinski definition) is 3. The van der Waals surface area contributed by atoms with E-state index in [1.54, 1.807) is 11.9 Å². The largest absolute Gasteiger partial charge is 0.357 e. The lowest BCUT2D eigenvalue weighted by atomic mass is 10.1. The Bertz CT molecular complexity index is 461. The lowest BCUT2D eigenvalue weighted by Crippen LogP contribution is -2.47. The zero-order valence-corrected chi connectivity index (χ0v) is 11.0. The fourth-order valence-electron chi connectivity index (χ4n) is 2.45. The normalized spacial score (nSPS) is 20.1. The first-order valence-corrected chi connectivity index (χ1v) is 6.47. The Hall–Kier alpha value is -1.88. The molecule has 0 saturated carbocycles. The quantitative estimate of drug-likeness (QED) is 0.828. The summed E-state index contributed by atoms with van der Waals surface area (Å²) in [4.78, 5) is 25.7. The van der Waals surface area contributed by atoms with Crippen molar-refractivity contribution in [2.45, 2.75) is 24.9 Å². The maximum Gasteiger partial charge on any atom is 0.244 e. The van der Waals surface area contributed by atoms with Gasteiger partial charge in [0.05, 0.1) is 0 Å². The maximum absolute atomic E-state index is 12.4. The second-order valence-corrected chi connectivity index (χ2v) is 4.69. The van der Waals surface area contributed by atoms with Crippen LogP contribution in [0.4, 0.5) is 0 Å². The van der Waals surface area contributed by atoms with E-state index in [0.717, 1.165) is 12.0 Å². The van der Waals surface area contributed by atoms with Crippen molar-refractivity contribution < 1.29 is 9.59 Å². The zero-order valence-electron chi connectivity index (χ0n) is 11.0. The summed E-state index contributed by atoms with van der Waals surface area (Å²) >= 11 is 0. The Labute approximate surface area is 112 Å². The minimum Gasteiger partial charge on any atom is -0.357 e. The van der Waals surface area contributed by atoms with Crippen LogP contribution in [0.5, 0.6) is 0 Å². The predicted molar refractivity (Wildman–Crippen MR) is 72.2 cm³/mol. The monoisotopic (exact) mass is 261 g/mol. The third-order valence-corrected chi connectivity index (χ3v) is 3.51. The molecular weight excluding hydrogens is 242 g/mol. The highest BCUT2D eigenvalue weighted by atomic mass is 16.2. The number of nitrogens with two attached hydrogens (primary N) is 1. The summed E-state index contributed by atoms with van der Waals surface area (Å²) in [5, 5.41) is 2.60. The van der Waals surface area contributed by atoms with Crippen LogP contribution in [0.1, 0.15) is 24.4 Å². The van der Waals surface area contributed by atoms with Crippen molar-refractivity contribution in [3.05, 3.63) is 35.9 Å². The third-order valence-electron chi connectivity index (χ3n) is 3.51. The molecule has 2 amide bonds. The molecule has 5 nitrogen and oxygen atoms in total. The maximum atomic E-state index is 12.4. The minimum absolute atomic E-state index is 0.119. The van der Waals surface area contributed by atoms with Gasteiger partial charge in [0.15, 0.2) is 0 Å². The summed E-state index contributed by atoms with van der Waals surface area (Å²) in [5.74, 6) is -0.302. The van der Waals surface area contributed by atoms with Crippen LogP contribution < -0.4 is 11.1 Å². The molecular formula is C14H19N3O2. The van der Waals surface area contributed by atoms with Crippen molar-refractivity contribution in [3.8, 4) is 0 Å². The topological polar surface area (TPSA) is 75.4 Å². The average Bonchev–Trinajstić information content (AvgIpc) is 2.95. The van der Waals surface area contributed by atoms with Crippen LogP contribution in [0, 0.1) is 0 Å². The van der Waals surface area contributed by atoms with Crippen molar-refractivity contribution in [1.82, 2.24) is 10.2 Å². The Kier molecular flexibility index (Phi) is 4.16. The number of carbonyl (C=O) groups excluding carboxylic acids is 2. The van der Waals surface area contributed by atoms with Gasteiger partial charge in [0, 0.05) is 13.6 Å². The van der Waals surface area contributed by atoms with Crippen LogP contribution >= 0.6 is 0 Å². The van der Waals surface area contributed by atoms with E-state index in [9.17, 15) is 9.59 Å². The van der Waals surface area contributed by atoms with E-state index in [-0.39, 0.29) is 17.9 Å². The second kappa shape index (κ2) is 5.84. The summed E-state index contributed by atoms with van der Waals surface area (Å²) < 4.78 is 0. The highest BCUT2D eigenvalue weighted by Gasteiger charge is 2.35. The molecule has 1 fully saturated rings. The Balaban J connectivity index is 2.13. The van der Waals surface area contributed by atoms with Gasteiger partial charge in [0.2, 0.25) is 11.8 Å². The molecule has 1 aliphatic rings. The third kappa shape index (κ3) is 2.76. The van der Waals surface area contributed by atoms with Gasteiger partial charge >= 0.3 is 0 Å². The van der Waals surface area contributed by atoms with Crippen molar-refractivity contribution in [1.29, 1.82) is 0 Å². The van der Waals surface area contributed by atoms with Crippen LogP contribution in [0.25, 0.3) is 0 Å². The van der Waals surface area contributed by atoms with E-state index in [1.165, 1.54) is 0 Å². The molecule has 1 heterocycles. The van der Waals surface area contributed by atoms with Crippen molar-refractivity contribution in [2.24, 2.45) is 5.73 Å². The minimum atomic E-state index is -0.702. The van der Waals surface area contributed by atoms with Gasteiger partial charge in [0.25, 0.3) is 0 Å². The lowest BCUT2D eigenvalue weighted by Gasteiger charge is -2.26. The SMILES string of the molecule is CNC(=O)C1CCCN1C(=O)[C@H](N)c1ccccc1. The van der Waals surface area contributed by atoms with E-state index in [4.69, 9.17) is 5.73 Å². The molecule has 0 spiro atoms. The fraction of sp³-hybridized carbons (Fsp3) is 0.429. The standard InChI is InChI=1S/C14H19N3O2/c1-16-13(18)11-8-5-9-17(11)14(19)12(15)10-6-3-2-4-7-10/h2-4,6-7,11-12H,5,8-9,15H2,1H3,(H,16,18)/t11?,12-/m1/s1. The molecule has 3 N–H and O–H groups in total. The molecule has 0 bridgehead atoms. The Morgan fingerprint density at radius 1 is 1.37 bits per heavy atom. The van der Waals surface area contributed by atoms with Gasteiger partial charge < -0.3 is 16.0 Å². The molecule has 102 valence electrons. The first kappa shape index (κ1) is 13.5. The van der Waals surface area contributed by atoms with Gasteiger partial charge in [-0.1, -0.05) is 30.3 Å². The van der Waals surface area contributed by atoms with Gasteiger partial charge in [-0.3, -0.25) is 9.59 Å². The van der Waals surface area contributed by atoms with Crippen LogP contribution in [-0.2, 0) is 9.59 Å². The van der Waals surface area contributed by atoms with Crippen LogP contribution in [0.2, 0.25) is 0 Å². The molecule has 1 aromatic rings. The number of hydrogen-bond donors (Lipinski definition) is 2.